The quantitative estimate of drug-likeness (QED) is 0.828. The number of pyridine rings is 1. The van der Waals surface area contributed by atoms with Crippen LogP contribution in [0.15, 0.2) is 23.2 Å². The predicted octanol–water partition coefficient (Wildman–Crippen LogP) is 1.84. The van der Waals surface area contributed by atoms with E-state index in [0.29, 0.717) is 12.4 Å². The summed E-state index contributed by atoms with van der Waals surface area (Å²) < 4.78 is 26.7. The maximum Gasteiger partial charge on any atom is 0.242 e. The largest absolute Gasteiger partial charge is 0.373 e. The van der Waals surface area contributed by atoms with Crippen LogP contribution >= 0.6 is 0 Å². The van der Waals surface area contributed by atoms with Crippen LogP contribution in [-0.4, -0.2) is 27.0 Å². The summed E-state index contributed by atoms with van der Waals surface area (Å²) in [4.78, 5) is 4.19. The molecule has 0 bridgehead atoms. The van der Waals surface area contributed by atoms with Crippen molar-refractivity contribution in [3.05, 3.63) is 18.3 Å². The molecular formula is C12H21N3O2S. The first-order chi connectivity index (χ1) is 8.30. The van der Waals surface area contributed by atoms with E-state index in [9.17, 15) is 8.42 Å². The molecule has 6 heteroatoms. The summed E-state index contributed by atoms with van der Waals surface area (Å²) in [5.74, 6) is 0.642. The fourth-order valence-corrected chi connectivity index (χ4v) is 2.37. The number of rotatable bonds is 6. The lowest BCUT2D eigenvalue weighted by molar-refractivity contribution is 0.350. The molecule has 0 radical (unpaired) electrons. The van der Waals surface area contributed by atoms with Crippen molar-refractivity contribution in [2.24, 2.45) is 5.41 Å². The molecule has 0 saturated heterocycles. The fourth-order valence-electron chi connectivity index (χ4n) is 1.19. The van der Waals surface area contributed by atoms with Crippen LogP contribution in [-0.2, 0) is 10.0 Å². The van der Waals surface area contributed by atoms with Crippen LogP contribution in [0.5, 0.6) is 0 Å². The Bertz CT molecular complexity index is 481. The van der Waals surface area contributed by atoms with E-state index in [4.69, 9.17) is 0 Å². The van der Waals surface area contributed by atoms with E-state index in [1.165, 1.54) is 6.20 Å². The Morgan fingerprint density at radius 3 is 2.44 bits per heavy atom. The maximum absolute atomic E-state index is 12.0. The number of anilines is 1. The Hall–Kier alpha value is -1.14. The van der Waals surface area contributed by atoms with Crippen molar-refractivity contribution >= 4 is 15.8 Å². The monoisotopic (exact) mass is 271 g/mol. The summed E-state index contributed by atoms with van der Waals surface area (Å²) in [6.07, 6.45) is 2.26. The van der Waals surface area contributed by atoms with E-state index in [1.54, 1.807) is 19.2 Å². The Morgan fingerprint density at radius 1 is 1.33 bits per heavy atom. The SMILES string of the molecule is CCC(C)(C)CNS(=O)(=O)c1ccc(NC)nc1. The normalized spacial score (nSPS) is 12.4. The van der Waals surface area contributed by atoms with Gasteiger partial charge in [0.25, 0.3) is 0 Å². The molecule has 0 aliphatic rings. The van der Waals surface area contributed by atoms with Crippen LogP contribution in [0.3, 0.4) is 0 Å². The van der Waals surface area contributed by atoms with Gasteiger partial charge >= 0.3 is 0 Å². The third kappa shape index (κ3) is 3.96. The topological polar surface area (TPSA) is 71.1 Å². The lowest BCUT2D eigenvalue weighted by Crippen LogP contribution is -2.33. The maximum atomic E-state index is 12.0. The van der Waals surface area contributed by atoms with E-state index in [2.05, 4.69) is 15.0 Å². The molecule has 0 aliphatic heterocycles. The summed E-state index contributed by atoms with van der Waals surface area (Å²) >= 11 is 0. The molecule has 1 heterocycles. The first kappa shape index (κ1) is 14.9. The van der Waals surface area contributed by atoms with Crippen molar-refractivity contribution in [2.45, 2.75) is 32.1 Å². The van der Waals surface area contributed by atoms with Crippen molar-refractivity contribution in [1.29, 1.82) is 0 Å². The third-order valence-electron chi connectivity index (χ3n) is 3.00. The highest BCUT2D eigenvalue weighted by molar-refractivity contribution is 7.89. The molecule has 1 aromatic heterocycles. The summed E-state index contributed by atoms with van der Waals surface area (Å²) in [6, 6.07) is 3.18. The second kappa shape index (κ2) is 5.67. The average Bonchev–Trinajstić information content (AvgIpc) is 2.37. The van der Waals surface area contributed by atoms with Gasteiger partial charge in [-0.05, 0) is 24.0 Å². The second-order valence-corrected chi connectivity index (χ2v) is 6.74. The van der Waals surface area contributed by atoms with Gasteiger partial charge < -0.3 is 5.32 Å². The lowest BCUT2D eigenvalue weighted by atomic mass is 9.91. The van der Waals surface area contributed by atoms with Crippen molar-refractivity contribution in [2.75, 3.05) is 18.9 Å². The molecule has 0 aromatic carbocycles. The first-order valence-electron chi connectivity index (χ1n) is 5.94. The molecule has 1 aromatic rings. The third-order valence-corrected chi connectivity index (χ3v) is 4.39. The Balaban J connectivity index is 2.80. The highest BCUT2D eigenvalue weighted by atomic mass is 32.2. The Morgan fingerprint density at radius 2 is 2.00 bits per heavy atom. The zero-order valence-corrected chi connectivity index (χ0v) is 12.1. The van der Waals surface area contributed by atoms with Crippen LogP contribution in [0.25, 0.3) is 0 Å². The molecule has 5 nitrogen and oxygen atoms in total. The van der Waals surface area contributed by atoms with Crippen LogP contribution in [0.1, 0.15) is 27.2 Å². The Labute approximate surface area is 109 Å². The number of nitrogens with one attached hydrogen (secondary N) is 2. The molecule has 18 heavy (non-hydrogen) atoms. The molecule has 0 aliphatic carbocycles. The number of aromatic nitrogens is 1. The molecule has 102 valence electrons. The van der Waals surface area contributed by atoms with Gasteiger partial charge in [0.2, 0.25) is 10.0 Å². The summed E-state index contributed by atoms with van der Waals surface area (Å²) in [5.41, 5.74) is -0.0502. The van der Waals surface area contributed by atoms with Gasteiger partial charge in [-0.15, -0.1) is 0 Å². The van der Waals surface area contributed by atoms with Crippen LogP contribution in [0, 0.1) is 5.41 Å². The number of sulfonamides is 1. The van der Waals surface area contributed by atoms with Crippen molar-refractivity contribution in [3.63, 3.8) is 0 Å². The zero-order valence-electron chi connectivity index (χ0n) is 11.3. The van der Waals surface area contributed by atoms with Gasteiger partial charge in [-0.3, -0.25) is 0 Å². The van der Waals surface area contributed by atoms with E-state index >= 15 is 0 Å². The van der Waals surface area contributed by atoms with Gasteiger partial charge in [-0.1, -0.05) is 20.8 Å². The van der Waals surface area contributed by atoms with E-state index < -0.39 is 10.0 Å². The molecule has 0 saturated carbocycles. The van der Waals surface area contributed by atoms with Gasteiger partial charge in [0, 0.05) is 19.8 Å². The second-order valence-electron chi connectivity index (χ2n) is 4.97. The minimum Gasteiger partial charge on any atom is -0.373 e. The van der Waals surface area contributed by atoms with Crippen LogP contribution in [0.2, 0.25) is 0 Å². The van der Waals surface area contributed by atoms with Crippen molar-refractivity contribution in [1.82, 2.24) is 9.71 Å². The highest BCUT2D eigenvalue weighted by Gasteiger charge is 2.20. The minimum atomic E-state index is -3.47. The Kier molecular flexibility index (Phi) is 4.70. The van der Waals surface area contributed by atoms with Crippen molar-refractivity contribution < 1.29 is 8.42 Å². The van der Waals surface area contributed by atoms with E-state index in [0.717, 1.165) is 6.42 Å². The molecule has 0 amide bonds. The van der Waals surface area contributed by atoms with Gasteiger partial charge in [-0.2, -0.15) is 0 Å². The molecule has 1 rings (SSSR count). The smallest absolute Gasteiger partial charge is 0.242 e. The van der Waals surface area contributed by atoms with E-state index in [-0.39, 0.29) is 10.3 Å². The molecule has 0 atom stereocenters. The first-order valence-corrected chi connectivity index (χ1v) is 7.42. The predicted molar refractivity (Wildman–Crippen MR) is 73.0 cm³/mol. The molecular weight excluding hydrogens is 250 g/mol. The summed E-state index contributed by atoms with van der Waals surface area (Å²) in [7, 11) is -1.73. The van der Waals surface area contributed by atoms with Gasteiger partial charge in [0.05, 0.1) is 0 Å². The minimum absolute atomic E-state index is 0.0502. The van der Waals surface area contributed by atoms with Gasteiger partial charge in [0.15, 0.2) is 0 Å². The molecule has 0 unspecified atom stereocenters. The number of hydrogen-bond donors (Lipinski definition) is 2. The summed E-state index contributed by atoms with van der Waals surface area (Å²) in [5, 5.41) is 2.84. The highest BCUT2D eigenvalue weighted by Crippen LogP contribution is 2.19. The number of hydrogen-bond acceptors (Lipinski definition) is 4. The van der Waals surface area contributed by atoms with Gasteiger partial charge in [-0.25, -0.2) is 18.1 Å². The van der Waals surface area contributed by atoms with Gasteiger partial charge in [0.1, 0.15) is 10.7 Å². The average molecular weight is 271 g/mol. The standard InChI is InChI=1S/C12H21N3O2S/c1-5-12(2,3)9-15-18(16,17)10-6-7-11(13-4)14-8-10/h6-8,15H,5,9H2,1-4H3,(H,13,14). The molecule has 0 spiro atoms. The molecule has 0 fully saturated rings. The van der Waals surface area contributed by atoms with Crippen LogP contribution in [0.4, 0.5) is 5.82 Å². The van der Waals surface area contributed by atoms with Crippen molar-refractivity contribution in [3.8, 4) is 0 Å². The van der Waals surface area contributed by atoms with E-state index in [1.807, 2.05) is 20.8 Å². The summed E-state index contributed by atoms with van der Waals surface area (Å²) in [6.45, 7) is 6.51. The lowest BCUT2D eigenvalue weighted by Gasteiger charge is -2.22. The fraction of sp³-hybridized carbons (Fsp3) is 0.583. The number of nitrogens with zero attached hydrogens (tertiary/aromatic N) is 1. The van der Waals surface area contributed by atoms with Crippen LogP contribution < -0.4 is 10.0 Å². The zero-order chi connectivity index (χ0) is 13.8. The molecule has 2 N–H and O–H groups in total.